The third-order valence-corrected chi connectivity index (χ3v) is 4.84. The summed E-state index contributed by atoms with van der Waals surface area (Å²) in [5.74, 6) is 1.20. The largest absolute Gasteiger partial charge is 0.484 e. The van der Waals surface area contributed by atoms with Crippen molar-refractivity contribution in [3.8, 4) is 5.75 Å². The Morgan fingerprint density at radius 1 is 1.21 bits per heavy atom. The van der Waals surface area contributed by atoms with Gasteiger partial charge in [-0.15, -0.1) is 0 Å². The average Bonchev–Trinajstić information content (AvgIpc) is 3.33. The monoisotopic (exact) mass is 378 g/mol. The molecule has 1 atom stereocenters. The van der Waals surface area contributed by atoms with E-state index in [1.807, 2.05) is 49.4 Å². The normalized spacial score (nSPS) is 15.0. The van der Waals surface area contributed by atoms with Crippen molar-refractivity contribution in [3.05, 3.63) is 60.4 Å². The first-order valence-corrected chi connectivity index (χ1v) is 9.41. The van der Waals surface area contributed by atoms with Crippen LogP contribution in [0.3, 0.4) is 0 Å². The minimum atomic E-state index is -0.257. The lowest BCUT2D eigenvalue weighted by atomic mass is 10.2. The fraction of sp³-hybridized carbons (Fsp3) is 0.273. The molecule has 1 aromatic heterocycles. The van der Waals surface area contributed by atoms with E-state index in [4.69, 9.17) is 9.15 Å². The minimum Gasteiger partial charge on any atom is -0.484 e. The van der Waals surface area contributed by atoms with Gasteiger partial charge < -0.3 is 19.4 Å². The molecule has 1 aliphatic rings. The van der Waals surface area contributed by atoms with Crippen LogP contribution < -0.4 is 15.0 Å². The number of para-hydroxylation sites is 1. The summed E-state index contributed by atoms with van der Waals surface area (Å²) in [6.45, 7) is 2.53. The van der Waals surface area contributed by atoms with Crippen LogP contribution in [0.5, 0.6) is 5.75 Å². The molecule has 1 fully saturated rings. The number of nitrogens with one attached hydrogen (secondary N) is 1. The first kappa shape index (κ1) is 18.1. The van der Waals surface area contributed by atoms with E-state index >= 15 is 0 Å². The Kier molecular flexibility index (Phi) is 5.02. The van der Waals surface area contributed by atoms with Crippen LogP contribution in [0.15, 0.2) is 59.0 Å². The van der Waals surface area contributed by atoms with Gasteiger partial charge in [0.1, 0.15) is 17.1 Å². The molecule has 2 amide bonds. The number of amides is 2. The van der Waals surface area contributed by atoms with E-state index in [0.717, 1.165) is 29.6 Å². The zero-order valence-corrected chi connectivity index (χ0v) is 15.7. The summed E-state index contributed by atoms with van der Waals surface area (Å²) in [5, 5.41) is 3.88. The molecule has 0 radical (unpaired) electrons. The number of hydrogen-bond acceptors (Lipinski definition) is 4. The maximum absolute atomic E-state index is 12.2. The molecular weight excluding hydrogens is 356 g/mol. The summed E-state index contributed by atoms with van der Waals surface area (Å²) >= 11 is 0. The summed E-state index contributed by atoms with van der Waals surface area (Å²) in [6, 6.07) is 16.6. The molecule has 6 nitrogen and oxygen atoms in total. The molecule has 0 aliphatic carbocycles. The first-order valence-electron chi connectivity index (χ1n) is 9.41. The third kappa shape index (κ3) is 3.86. The van der Waals surface area contributed by atoms with Crippen molar-refractivity contribution in [2.45, 2.75) is 25.8 Å². The van der Waals surface area contributed by atoms with Crippen LogP contribution in [0.1, 0.15) is 31.6 Å². The van der Waals surface area contributed by atoms with Crippen molar-refractivity contribution in [2.24, 2.45) is 0 Å². The Balaban J connectivity index is 1.30. The number of carbonyl (C=O) groups is 2. The van der Waals surface area contributed by atoms with Crippen LogP contribution in [-0.2, 0) is 9.59 Å². The fourth-order valence-corrected chi connectivity index (χ4v) is 3.36. The van der Waals surface area contributed by atoms with Gasteiger partial charge in [0.2, 0.25) is 5.91 Å². The van der Waals surface area contributed by atoms with Crippen LogP contribution in [-0.4, -0.2) is 25.0 Å². The molecular formula is C22H22N2O4. The van der Waals surface area contributed by atoms with Gasteiger partial charge in [0.25, 0.3) is 5.91 Å². The van der Waals surface area contributed by atoms with Crippen molar-refractivity contribution < 1.29 is 18.7 Å². The summed E-state index contributed by atoms with van der Waals surface area (Å²) in [4.78, 5) is 25.8. The predicted octanol–water partition coefficient (Wildman–Crippen LogP) is 3.82. The van der Waals surface area contributed by atoms with Crippen LogP contribution in [0.25, 0.3) is 11.0 Å². The number of rotatable bonds is 6. The van der Waals surface area contributed by atoms with Gasteiger partial charge in [-0.3, -0.25) is 9.59 Å². The van der Waals surface area contributed by atoms with Gasteiger partial charge in [0, 0.05) is 24.0 Å². The standard InChI is InChI=1S/C22H22N2O4/c1-15(20-13-16-5-2-3-6-19(16)28-20)23-21(25)14-27-18-10-8-17(9-11-18)24-12-4-7-22(24)26/h2-3,5-6,8-11,13,15H,4,7,12,14H2,1H3,(H,23,25)/t15-/m0/s1. The Morgan fingerprint density at radius 2 is 2.00 bits per heavy atom. The van der Waals surface area contributed by atoms with Crippen molar-refractivity contribution in [3.63, 3.8) is 0 Å². The molecule has 2 aromatic carbocycles. The van der Waals surface area contributed by atoms with Crippen molar-refractivity contribution >= 4 is 28.5 Å². The predicted molar refractivity (Wildman–Crippen MR) is 106 cm³/mol. The molecule has 3 aromatic rings. The highest BCUT2D eigenvalue weighted by molar-refractivity contribution is 5.95. The molecule has 0 bridgehead atoms. The van der Waals surface area contributed by atoms with E-state index in [9.17, 15) is 9.59 Å². The average molecular weight is 378 g/mol. The van der Waals surface area contributed by atoms with E-state index in [2.05, 4.69) is 5.32 Å². The molecule has 2 heterocycles. The van der Waals surface area contributed by atoms with E-state index in [-0.39, 0.29) is 24.5 Å². The molecule has 0 saturated carbocycles. The zero-order valence-electron chi connectivity index (χ0n) is 15.7. The SMILES string of the molecule is C[C@H](NC(=O)COc1ccc(N2CCCC2=O)cc1)c1cc2ccccc2o1. The number of furan rings is 1. The van der Waals surface area contributed by atoms with Crippen LogP contribution in [0, 0.1) is 0 Å². The van der Waals surface area contributed by atoms with Gasteiger partial charge in [-0.1, -0.05) is 18.2 Å². The second-order valence-electron chi connectivity index (χ2n) is 6.91. The number of carbonyl (C=O) groups excluding carboxylic acids is 2. The Morgan fingerprint density at radius 3 is 2.71 bits per heavy atom. The second-order valence-corrected chi connectivity index (χ2v) is 6.91. The molecule has 1 aliphatic heterocycles. The lowest BCUT2D eigenvalue weighted by Crippen LogP contribution is -2.31. The molecule has 4 rings (SSSR count). The molecule has 144 valence electrons. The maximum Gasteiger partial charge on any atom is 0.258 e. The Bertz CT molecular complexity index is 960. The quantitative estimate of drug-likeness (QED) is 0.708. The van der Waals surface area contributed by atoms with Gasteiger partial charge in [-0.25, -0.2) is 0 Å². The van der Waals surface area contributed by atoms with E-state index < -0.39 is 0 Å². The minimum absolute atomic E-state index is 0.0907. The Labute approximate surface area is 163 Å². The molecule has 1 saturated heterocycles. The highest BCUT2D eigenvalue weighted by atomic mass is 16.5. The molecule has 1 N–H and O–H groups in total. The van der Waals surface area contributed by atoms with Crippen molar-refractivity contribution in [2.75, 3.05) is 18.1 Å². The Hall–Kier alpha value is -3.28. The summed E-state index contributed by atoms with van der Waals surface area (Å²) in [6.07, 6.45) is 1.49. The third-order valence-electron chi connectivity index (χ3n) is 4.84. The molecule has 0 spiro atoms. The van der Waals surface area contributed by atoms with Gasteiger partial charge in [0.15, 0.2) is 6.61 Å². The zero-order chi connectivity index (χ0) is 19.5. The fourth-order valence-electron chi connectivity index (χ4n) is 3.36. The molecule has 6 heteroatoms. The highest BCUT2D eigenvalue weighted by Crippen LogP contribution is 2.25. The second kappa shape index (κ2) is 7.76. The van der Waals surface area contributed by atoms with Crippen LogP contribution in [0.4, 0.5) is 5.69 Å². The molecule has 0 unspecified atom stereocenters. The van der Waals surface area contributed by atoms with E-state index in [0.29, 0.717) is 17.9 Å². The van der Waals surface area contributed by atoms with E-state index in [1.165, 1.54) is 0 Å². The van der Waals surface area contributed by atoms with Crippen molar-refractivity contribution in [1.29, 1.82) is 0 Å². The molecule has 28 heavy (non-hydrogen) atoms. The first-order chi connectivity index (χ1) is 13.6. The summed E-state index contributed by atoms with van der Waals surface area (Å²) in [7, 11) is 0. The highest BCUT2D eigenvalue weighted by Gasteiger charge is 2.21. The van der Waals surface area contributed by atoms with Crippen LogP contribution in [0.2, 0.25) is 0 Å². The van der Waals surface area contributed by atoms with Gasteiger partial charge in [-0.05, 0) is 49.7 Å². The summed E-state index contributed by atoms with van der Waals surface area (Å²) in [5.41, 5.74) is 1.66. The van der Waals surface area contributed by atoms with E-state index in [1.54, 1.807) is 17.0 Å². The van der Waals surface area contributed by atoms with Gasteiger partial charge in [-0.2, -0.15) is 0 Å². The van der Waals surface area contributed by atoms with Crippen molar-refractivity contribution in [1.82, 2.24) is 5.32 Å². The number of benzene rings is 2. The smallest absolute Gasteiger partial charge is 0.258 e. The van der Waals surface area contributed by atoms with Crippen LogP contribution >= 0.6 is 0 Å². The van der Waals surface area contributed by atoms with Gasteiger partial charge in [0.05, 0.1) is 6.04 Å². The number of hydrogen-bond donors (Lipinski definition) is 1. The number of nitrogens with zero attached hydrogens (tertiary/aromatic N) is 1. The maximum atomic E-state index is 12.2. The number of fused-ring (bicyclic) bond motifs is 1. The summed E-state index contributed by atoms with van der Waals surface area (Å²) < 4.78 is 11.3. The van der Waals surface area contributed by atoms with Gasteiger partial charge >= 0.3 is 0 Å². The lowest BCUT2D eigenvalue weighted by molar-refractivity contribution is -0.123. The lowest BCUT2D eigenvalue weighted by Gasteiger charge is -2.16. The number of ether oxygens (including phenoxy) is 1. The topological polar surface area (TPSA) is 71.8 Å². The number of anilines is 1.